The molecule has 3 aromatic heterocycles. The highest BCUT2D eigenvalue weighted by molar-refractivity contribution is 5.72. The maximum Gasteiger partial charge on any atom is 0.264 e. The fourth-order valence-corrected chi connectivity index (χ4v) is 2.00. The van der Waals surface area contributed by atoms with Crippen molar-refractivity contribution in [3.05, 3.63) is 46.8 Å². The van der Waals surface area contributed by atoms with E-state index in [0.29, 0.717) is 29.1 Å². The fourth-order valence-electron chi connectivity index (χ4n) is 2.00. The second-order valence-electron chi connectivity index (χ2n) is 4.34. The molecule has 0 saturated heterocycles. The van der Waals surface area contributed by atoms with Gasteiger partial charge in [-0.2, -0.15) is 5.10 Å². The van der Waals surface area contributed by atoms with Crippen LogP contribution in [-0.2, 0) is 13.6 Å². The Morgan fingerprint density at radius 1 is 1.40 bits per heavy atom. The predicted molar refractivity (Wildman–Crippen MR) is 73.9 cm³/mol. The van der Waals surface area contributed by atoms with Crippen LogP contribution >= 0.6 is 0 Å². The normalized spacial score (nSPS) is 10.9. The summed E-state index contributed by atoms with van der Waals surface area (Å²) in [5.41, 5.74) is 3.61. The summed E-state index contributed by atoms with van der Waals surface area (Å²) in [7, 11) is 1.75. The fraction of sp³-hybridized carbons (Fsp3) is 0.167. The van der Waals surface area contributed by atoms with E-state index in [4.69, 9.17) is 5.84 Å². The van der Waals surface area contributed by atoms with E-state index in [1.165, 1.54) is 17.1 Å². The van der Waals surface area contributed by atoms with Crippen LogP contribution in [0.1, 0.15) is 5.69 Å². The van der Waals surface area contributed by atoms with Gasteiger partial charge in [-0.1, -0.05) is 6.07 Å². The lowest BCUT2D eigenvalue weighted by molar-refractivity contribution is 0.723. The number of aryl methyl sites for hydroxylation is 1. The van der Waals surface area contributed by atoms with Crippen LogP contribution in [0.4, 0.5) is 5.82 Å². The number of nitrogens with one attached hydrogen (secondary N) is 1. The highest BCUT2D eigenvalue weighted by Gasteiger charge is 2.08. The molecule has 3 N–H and O–H groups in total. The van der Waals surface area contributed by atoms with Crippen LogP contribution < -0.4 is 16.8 Å². The third kappa shape index (κ3) is 2.01. The number of hydrogen-bond acceptors (Lipinski definition) is 6. The second-order valence-corrected chi connectivity index (χ2v) is 4.34. The second kappa shape index (κ2) is 4.74. The molecule has 0 aliphatic heterocycles. The minimum atomic E-state index is -0.143. The molecule has 0 saturated carbocycles. The number of aromatic nitrogens is 5. The molecule has 0 spiro atoms. The zero-order valence-electron chi connectivity index (χ0n) is 10.8. The van der Waals surface area contributed by atoms with Crippen molar-refractivity contribution >= 4 is 16.9 Å². The first-order chi connectivity index (χ1) is 9.69. The molecule has 0 radical (unpaired) electrons. The van der Waals surface area contributed by atoms with Gasteiger partial charge < -0.3 is 5.43 Å². The van der Waals surface area contributed by atoms with Gasteiger partial charge in [0, 0.05) is 7.05 Å². The van der Waals surface area contributed by atoms with E-state index in [2.05, 4.69) is 20.5 Å². The lowest BCUT2D eigenvalue weighted by atomic mass is 10.3. The number of nitrogen functional groups attached to an aromatic ring is 1. The van der Waals surface area contributed by atoms with Crippen molar-refractivity contribution in [2.45, 2.75) is 6.54 Å². The topological polar surface area (TPSA) is 104 Å². The van der Waals surface area contributed by atoms with E-state index < -0.39 is 0 Å². The standard InChI is InChI=1S/C12H13N7O/c1-18-11-9(5-15-18)12(20)19(7-14-11)6-8-3-2-4-10(16-8)17-13/h2-5,7H,6,13H2,1H3,(H,16,17). The van der Waals surface area contributed by atoms with Gasteiger partial charge in [0.05, 0.1) is 18.4 Å². The van der Waals surface area contributed by atoms with Crippen molar-refractivity contribution in [3.8, 4) is 0 Å². The van der Waals surface area contributed by atoms with Gasteiger partial charge in [0.1, 0.15) is 17.5 Å². The molecule has 0 aliphatic carbocycles. The van der Waals surface area contributed by atoms with Crippen molar-refractivity contribution in [1.82, 2.24) is 24.3 Å². The Morgan fingerprint density at radius 2 is 2.25 bits per heavy atom. The largest absolute Gasteiger partial charge is 0.308 e. The number of hydrogen-bond donors (Lipinski definition) is 2. The maximum absolute atomic E-state index is 12.3. The zero-order valence-corrected chi connectivity index (χ0v) is 10.8. The maximum atomic E-state index is 12.3. The number of fused-ring (bicyclic) bond motifs is 1. The molecule has 0 aromatic carbocycles. The highest BCUT2D eigenvalue weighted by atomic mass is 16.1. The Morgan fingerprint density at radius 3 is 3.05 bits per heavy atom. The van der Waals surface area contributed by atoms with E-state index in [0.717, 1.165) is 0 Å². The average Bonchev–Trinajstić information content (AvgIpc) is 2.84. The summed E-state index contributed by atoms with van der Waals surface area (Å²) < 4.78 is 3.06. The Balaban J connectivity index is 2.02. The first-order valence-corrected chi connectivity index (χ1v) is 5.99. The van der Waals surface area contributed by atoms with Gasteiger partial charge in [-0.3, -0.25) is 14.0 Å². The van der Waals surface area contributed by atoms with Crippen LogP contribution in [0.5, 0.6) is 0 Å². The Kier molecular flexibility index (Phi) is 2.92. The first kappa shape index (κ1) is 12.3. The van der Waals surface area contributed by atoms with Gasteiger partial charge in [0.25, 0.3) is 5.56 Å². The van der Waals surface area contributed by atoms with Crippen molar-refractivity contribution in [2.24, 2.45) is 12.9 Å². The molecule has 0 amide bonds. The molecular formula is C12H13N7O. The predicted octanol–water partition coefficient (Wildman–Crippen LogP) is -0.141. The summed E-state index contributed by atoms with van der Waals surface area (Å²) in [6.45, 7) is 0.326. The lowest BCUT2D eigenvalue weighted by Gasteiger charge is -2.06. The van der Waals surface area contributed by atoms with Crippen molar-refractivity contribution in [1.29, 1.82) is 0 Å². The molecule has 8 nitrogen and oxygen atoms in total. The van der Waals surface area contributed by atoms with Crippen LogP contribution in [0.2, 0.25) is 0 Å². The summed E-state index contributed by atoms with van der Waals surface area (Å²) in [6.07, 6.45) is 3.02. The zero-order chi connectivity index (χ0) is 14.1. The third-order valence-corrected chi connectivity index (χ3v) is 3.01. The van der Waals surface area contributed by atoms with Gasteiger partial charge in [0.2, 0.25) is 0 Å². The average molecular weight is 271 g/mol. The first-order valence-electron chi connectivity index (χ1n) is 5.99. The van der Waals surface area contributed by atoms with Gasteiger partial charge in [-0.15, -0.1) is 0 Å². The molecule has 3 rings (SSSR count). The Hall–Kier alpha value is -2.74. The van der Waals surface area contributed by atoms with Gasteiger partial charge in [0.15, 0.2) is 5.65 Å². The third-order valence-electron chi connectivity index (χ3n) is 3.01. The van der Waals surface area contributed by atoms with Crippen LogP contribution in [-0.4, -0.2) is 24.3 Å². The van der Waals surface area contributed by atoms with Gasteiger partial charge in [-0.05, 0) is 12.1 Å². The molecule has 0 atom stereocenters. The van der Waals surface area contributed by atoms with E-state index in [-0.39, 0.29) is 5.56 Å². The SMILES string of the molecule is Cn1ncc2c(=O)n(Cc3cccc(NN)n3)cnc21. The summed E-state index contributed by atoms with van der Waals surface area (Å²) in [5, 5.41) is 4.52. The minimum Gasteiger partial charge on any atom is -0.308 e. The van der Waals surface area contributed by atoms with Crippen molar-refractivity contribution < 1.29 is 0 Å². The van der Waals surface area contributed by atoms with Crippen molar-refractivity contribution in [3.63, 3.8) is 0 Å². The monoisotopic (exact) mass is 271 g/mol. The molecule has 3 aromatic rings. The summed E-state index contributed by atoms with van der Waals surface area (Å²) >= 11 is 0. The van der Waals surface area contributed by atoms with Gasteiger partial charge >= 0.3 is 0 Å². The molecule has 3 heterocycles. The quantitative estimate of drug-likeness (QED) is 0.507. The van der Waals surface area contributed by atoms with Crippen LogP contribution in [0, 0.1) is 0 Å². The highest BCUT2D eigenvalue weighted by Crippen LogP contribution is 2.06. The van der Waals surface area contributed by atoms with E-state index in [1.807, 2.05) is 12.1 Å². The van der Waals surface area contributed by atoms with Gasteiger partial charge in [-0.25, -0.2) is 15.8 Å². The Bertz CT molecular complexity index is 820. The molecule has 0 aliphatic rings. The summed E-state index contributed by atoms with van der Waals surface area (Å²) in [6, 6.07) is 5.38. The number of rotatable bonds is 3. The van der Waals surface area contributed by atoms with E-state index in [1.54, 1.807) is 17.8 Å². The number of anilines is 1. The van der Waals surface area contributed by atoms with Crippen LogP contribution in [0.3, 0.4) is 0 Å². The number of hydrazine groups is 1. The smallest absolute Gasteiger partial charge is 0.264 e. The molecule has 8 heteroatoms. The van der Waals surface area contributed by atoms with E-state index in [9.17, 15) is 4.79 Å². The Labute approximate surface area is 113 Å². The molecule has 0 fully saturated rings. The molecular weight excluding hydrogens is 258 g/mol. The minimum absolute atomic E-state index is 0.143. The molecule has 0 bridgehead atoms. The van der Waals surface area contributed by atoms with E-state index >= 15 is 0 Å². The molecule has 0 unspecified atom stereocenters. The van der Waals surface area contributed by atoms with Crippen LogP contribution in [0.15, 0.2) is 35.5 Å². The number of nitrogens with zero attached hydrogens (tertiary/aromatic N) is 5. The number of nitrogens with two attached hydrogens (primary N) is 1. The lowest BCUT2D eigenvalue weighted by Crippen LogP contribution is -2.21. The number of pyridine rings is 1. The van der Waals surface area contributed by atoms with Crippen molar-refractivity contribution in [2.75, 3.05) is 5.43 Å². The summed E-state index contributed by atoms with van der Waals surface area (Å²) in [5.74, 6) is 5.86. The van der Waals surface area contributed by atoms with Crippen LogP contribution in [0.25, 0.3) is 11.0 Å². The molecule has 20 heavy (non-hydrogen) atoms. The molecule has 102 valence electrons. The summed E-state index contributed by atoms with van der Waals surface area (Å²) in [4.78, 5) is 20.8.